The summed E-state index contributed by atoms with van der Waals surface area (Å²) < 4.78 is 39.4. The van der Waals surface area contributed by atoms with Crippen LogP contribution >= 0.6 is 7.82 Å². The van der Waals surface area contributed by atoms with Gasteiger partial charge in [-0.05, 0) is 38.5 Å². The summed E-state index contributed by atoms with van der Waals surface area (Å²) >= 11 is 0. The fourth-order valence-corrected chi connectivity index (χ4v) is 2.28. The normalized spacial score (nSPS) is 12.5. The minimum Gasteiger partial charge on any atom is -0.292 e. The number of benzene rings is 1. The van der Waals surface area contributed by atoms with E-state index in [-0.39, 0.29) is 19.0 Å². The van der Waals surface area contributed by atoms with E-state index in [4.69, 9.17) is 13.7 Å². The number of rotatable bonds is 7. The number of phosphoric ester groups is 1. The minimum absolute atomic E-state index is 0.183. The Labute approximate surface area is 112 Å². The molecule has 0 N–H and O–H groups in total. The van der Waals surface area contributed by atoms with Crippen LogP contribution in [0.4, 0.5) is 4.39 Å². The summed E-state index contributed by atoms with van der Waals surface area (Å²) in [4.78, 5) is 0. The minimum atomic E-state index is -3.66. The smallest absolute Gasteiger partial charge is 0.292 e. The predicted octanol–water partition coefficient (Wildman–Crippen LogP) is 3.75. The molecule has 19 heavy (non-hydrogen) atoms. The molecular weight excluding hydrogens is 272 g/mol. The largest absolute Gasteiger partial charge is 0.550 e. The Hall–Kier alpha value is -1.23. The quantitative estimate of drug-likeness (QED) is 0.436. The van der Waals surface area contributed by atoms with Gasteiger partial charge >= 0.3 is 7.82 Å². The maximum absolute atomic E-state index is 12.8. The first-order valence-corrected chi connectivity index (χ1v) is 7.35. The van der Waals surface area contributed by atoms with Gasteiger partial charge in [0.2, 0.25) is 0 Å². The average Bonchev–Trinajstić information content (AvgIpc) is 2.37. The molecule has 0 aliphatic rings. The predicted molar refractivity (Wildman–Crippen MR) is 70.6 cm³/mol. The van der Waals surface area contributed by atoms with Gasteiger partial charge in [-0.1, -0.05) is 17.3 Å². The lowest BCUT2D eigenvalue weighted by molar-refractivity contribution is 0.125. The second-order valence-electron chi connectivity index (χ2n) is 3.55. The van der Waals surface area contributed by atoms with E-state index in [1.54, 1.807) is 32.9 Å². The molecule has 0 amide bonds. The van der Waals surface area contributed by atoms with Crippen molar-refractivity contribution in [1.29, 1.82) is 0 Å². The highest BCUT2D eigenvalue weighted by Gasteiger charge is 2.27. The van der Waals surface area contributed by atoms with E-state index in [1.807, 2.05) is 0 Å². The number of hydrogen-bond acceptors (Lipinski definition) is 5. The Kier molecular flexibility index (Phi) is 6.15. The molecule has 0 aliphatic heterocycles. The lowest BCUT2D eigenvalue weighted by Crippen LogP contribution is -2.00. The molecule has 0 saturated carbocycles. The molecule has 0 unspecified atom stereocenters. The van der Waals surface area contributed by atoms with Crippen molar-refractivity contribution >= 4 is 13.5 Å². The molecular formula is C12H17FNO4P. The van der Waals surface area contributed by atoms with Crippen molar-refractivity contribution in [2.45, 2.75) is 20.8 Å². The molecule has 0 saturated heterocycles. The molecule has 106 valence electrons. The van der Waals surface area contributed by atoms with Crippen molar-refractivity contribution in [3.8, 4) is 0 Å². The highest BCUT2D eigenvalue weighted by atomic mass is 31.2. The second kappa shape index (κ2) is 7.38. The van der Waals surface area contributed by atoms with E-state index in [0.29, 0.717) is 11.3 Å². The van der Waals surface area contributed by atoms with Gasteiger partial charge in [0.25, 0.3) is 0 Å². The molecule has 0 aromatic heterocycles. The molecule has 0 radical (unpaired) electrons. The van der Waals surface area contributed by atoms with Crippen LogP contribution < -0.4 is 0 Å². The lowest BCUT2D eigenvalue weighted by Gasteiger charge is -2.13. The Morgan fingerprint density at radius 3 is 2.21 bits per heavy atom. The molecule has 1 rings (SSSR count). The molecule has 7 heteroatoms. The van der Waals surface area contributed by atoms with Gasteiger partial charge < -0.3 is 0 Å². The van der Waals surface area contributed by atoms with Crippen LogP contribution in [0.25, 0.3) is 0 Å². The van der Waals surface area contributed by atoms with Crippen molar-refractivity contribution in [1.82, 2.24) is 0 Å². The maximum atomic E-state index is 12.8. The van der Waals surface area contributed by atoms with Gasteiger partial charge in [-0.25, -0.2) is 8.96 Å². The molecule has 0 fully saturated rings. The van der Waals surface area contributed by atoms with Crippen molar-refractivity contribution in [3.05, 3.63) is 35.6 Å². The van der Waals surface area contributed by atoms with Crippen LogP contribution in [0.3, 0.4) is 0 Å². The van der Waals surface area contributed by atoms with Crippen molar-refractivity contribution < 1.29 is 22.6 Å². The zero-order chi connectivity index (χ0) is 14.3. The number of phosphoric acid groups is 1. The molecule has 0 spiro atoms. The van der Waals surface area contributed by atoms with Crippen LogP contribution in [0, 0.1) is 5.82 Å². The van der Waals surface area contributed by atoms with E-state index >= 15 is 0 Å². The summed E-state index contributed by atoms with van der Waals surface area (Å²) in [5.74, 6) is -0.341. The third kappa shape index (κ3) is 5.11. The van der Waals surface area contributed by atoms with Crippen LogP contribution in [0.5, 0.6) is 0 Å². The number of hydrogen-bond donors (Lipinski definition) is 0. The zero-order valence-corrected chi connectivity index (χ0v) is 12.0. The Morgan fingerprint density at radius 2 is 1.74 bits per heavy atom. The highest BCUT2D eigenvalue weighted by molar-refractivity contribution is 7.48. The Morgan fingerprint density at radius 1 is 1.21 bits per heavy atom. The van der Waals surface area contributed by atoms with Crippen molar-refractivity contribution in [2.24, 2.45) is 5.16 Å². The van der Waals surface area contributed by atoms with Gasteiger partial charge in [0.1, 0.15) is 5.82 Å². The number of nitrogens with zero attached hydrogens (tertiary/aromatic N) is 1. The molecule has 1 aromatic carbocycles. The zero-order valence-electron chi connectivity index (χ0n) is 11.1. The first kappa shape index (κ1) is 15.8. The highest BCUT2D eigenvalue weighted by Crippen LogP contribution is 2.49. The first-order valence-electron chi connectivity index (χ1n) is 5.89. The van der Waals surface area contributed by atoms with Crippen molar-refractivity contribution in [3.63, 3.8) is 0 Å². The summed E-state index contributed by atoms with van der Waals surface area (Å²) in [6.07, 6.45) is 0. The molecule has 0 atom stereocenters. The third-order valence-electron chi connectivity index (χ3n) is 2.11. The van der Waals surface area contributed by atoms with E-state index in [2.05, 4.69) is 5.16 Å². The Balaban J connectivity index is 2.78. The van der Waals surface area contributed by atoms with E-state index in [9.17, 15) is 8.96 Å². The van der Waals surface area contributed by atoms with E-state index in [0.717, 1.165) is 0 Å². The molecule has 0 aliphatic carbocycles. The number of oxime groups is 1. The van der Waals surface area contributed by atoms with E-state index in [1.165, 1.54) is 12.1 Å². The van der Waals surface area contributed by atoms with Crippen molar-refractivity contribution in [2.75, 3.05) is 13.2 Å². The molecule has 1 aromatic rings. The van der Waals surface area contributed by atoms with Crippen LogP contribution in [0.15, 0.2) is 29.4 Å². The topological polar surface area (TPSA) is 57.1 Å². The van der Waals surface area contributed by atoms with E-state index < -0.39 is 7.82 Å². The van der Waals surface area contributed by atoms with Gasteiger partial charge in [-0.2, -0.15) is 0 Å². The van der Waals surface area contributed by atoms with Gasteiger partial charge in [-0.15, -0.1) is 0 Å². The second-order valence-corrected chi connectivity index (χ2v) is 5.12. The van der Waals surface area contributed by atoms with Crippen LogP contribution in [-0.2, 0) is 18.2 Å². The molecule has 0 heterocycles. The summed E-state index contributed by atoms with van der Waals surface area (Å²) in [5, 5.41) is 3.71. The third-order valence-corrected chi connectivity index (χ3v) is 3.54. The van der Waals surface area contributed by atoms with Gasteiger partial charge in [0.05, 0.1) is 18.9 Å². The lowest BCUT2D eigenvalue weighted by atomic mass is 10.1. The Bertz CT molecular complexity index is 465. The van der Waals surface area contributed by atoms with Gasteiger partial charge in [0, 0.05) is 0 Å². The summed E-state index contributed by atoms with van der Waals surface area (Å²) in [7, 11) is -3.66. The standard InChI is InChI=1S/C12H17FNO4P/c1-4-16-19(15,17-5-2)18-14-10(3)11-6-8-12(13)9-7-11/h6-9H,4-5H2,1-3H3/b14-10+. The molecule has 5 nitrogen and oxygen atoms in total. The average molecular weight is 289 g/mol. The fraction of sp³-hybridized carbons (Fsp3) is 0.417. The van der Waals surface area contributed by atoms with Gasteiger partial charge in [0.15, 0.2) is 0 Å². The van der Waals surface area contributed by atoms with Crippen LogP contribution in [0.2, 0.25) is 0 Å². The summed E-state index contributed by atoms with van der Waals surface area (Å²) in [6, 6.07) is 5.70. The fourth-order valence-electron chi connectivity index (χ4n) is 1.26. The monoisotopic (exact) mass is 289 g/mol. The first-order chi connectivity index (χ1) is 9.00. The number of halogens is 1. The summed E-state index contributed by atoms with van der Waals surface area (Å²) in [6.45, 7) is 5.36. The summed E-state index contributed by atoms with van der Waals surface area (Å²) in [5.41, 5.74) is 1.10. The van der Waals surface area contributed by atoms with Crippen LogP contribution in [0.1, 0.15) is 26.3 Å². The van der Waals surface area contributed by atoms with Crippen LogP contribution in [-0.4, -0.2) is 18.9 Å². The SMILES string of the molecule is CCOP(=O)(OCC)O/N=C(\C)c1ccc(F)cc1. The van der Waals surface area contributed by atoms with Gasteiger partial charge in [-0.3, -0.25) is 13.7 Å². The maximum Gasteiger partial charge on any atom is 0.550 e. The molecule has 0 bridgehead atoms.